The highest BCUT2D eigenvalue weighted by atomic mass is 16.6. The minimum Gasteiger partial charge on any atom is -0.502 e. The summed E-state index contributed by atoms with van der Waals surface area (Å²) in [7, 11) is 1.61. The van der Waals surface area contributed by atoms with Crippen LogP contribution in [0.2, 0.25) is 0 Å². The molecule has 0 radical (unpaired) electrons. The van der Waals surface area contributed by atoms with Gasteiger partial charge in [-0.25, -0.2) is 0 Å². The molecule has 1 aromatic rings. The van der Waals surface area contributed by atoms with Crippen LogP contribution in [0.4, 0.5) is 5.69 Å². The van der Waals surface area contributed by atoms with Crippen molar-refractivity contribution in [2.45, 2.75) is 6.54 Å². The van der Waals surface area contributed by atoms with Crippen LogP contribution in [0.15, 0.2) is 18.2 Å². The highest BCUT2D eigenvalue weighted by molar-refractivity contribution is 5.47. The lowest BCUT2D eigenvalue weighted by Gasteiger charge is -2.04. The van der Waals surface area contributed by atoms with Gasteiger partial charge >= 0.3 is 5.69 Å². The molecule has 88 valence electrons. The second-order valence-electron chi connectivity index (χ2n) is 3.25. The number of aromatic hydroxyl groups is 1. The van der Waals surface area contributed by atoms with Gasteiger partial charge in [0.15, 0.2) is 5.75 Å². The maximum absolute atomic E-state index is 10.4. The lowest BCUT2D eigenvalue weighted by Crippen LogP contribution is -2.18. The Balaban J connectivity index is 2.56. The third-order valence-electron chi connectivity index (χ3n) is 2.05. The number of hydrogen-bond donors (Lipinski definition) is 2. The van der Waals surface area contributed by atoms with Crippen molar-refractivity contribution in [1.82, 2.24) is 5.32 Å². The topological polar surface area (TPSA) is 84.6 Å². The van der Waals surface area contributed by atoms with Crippen LogP contribution in [-0.4, -0.2) is 30.3 Å². The summed E-state index contributed by atoms with van der Waals surface area (Å²) in [6.45, 7) is 1.82. The minimum atomic E-state index is -0.614. The van der Waals surface area contributed by atoms with Crippen LogP contribution in [0.1, 0.15) is 5.56 Å². The molecular formula is C10H14N2O4. The Kier molecular flexibility index (Phi) is 4.68. The van der Waals surface area contributed by atoms with Crippen LogP contribution in [0, 0.1) is 10.1 Å². The van der Waals surface area contributed by atoms with Gasteiger partial charge in [0, 0.05) is 26.3 Å². The van der Waals surface area contributed by atoms with E-state index in [1.165, 1.54) is 12.1 Å². The molecule has 0 aromatic heterocycles. The summed E-state index contributed by atoms with van der Waals surface area (Å²) in [6.07, 6.45) is 0. The van der Waals surface area contributed by atoms with Gasteiger partial charge in [0.05, 0.1) is 11.5 Å². The SMILES string of the molecule is COCCNCc1ccc([N+](=O)[O-])c(O)c1. The molecule has 2 N–H and O–H groups in total. The largest absolute Gasteiger partial charge is 0.502 e. The van der Waals surface area contributed by atoms with Crippen LogP contribution in [0.25, 0.3) is 0 Å². The molecule has 0 heterocycles. The molecule has 0 unspecified atom stereocenters. The smallest absolute Gasteiger partial charge is 0.310 e. The Hall–Kier alpha value is -1.66. The van der Waals surface area contributed by atoms with Gasteiger partial charge in [0.2, 0.25) is 0 Å². The van der Waals surface area contributed by atoms with Crippen molar-refractivity contribution in [1.29, 1.82) is 0 Å². The molecule has 0 amide bonds. The summed E-state index contributed by atoms with van der Waals surface area (Å²) in [6, 6.07) is 4.29. The van der Waals surface area contributed by atoms with Gasteiger partial charge in [-0.15, -0.1) is 0 Å². The number of hydrogen-bond acceptors (Lipinski definition) is 5. The van der Waals surface area contributed by atoms with Crippen molar-refractivity contribution < 1.29 is 14.8 Å². The van der Waals surface area contributed by atoms with E-state index in [1.54, 1.807) is 13.2 Å². The first-order chi connectivity index (χ1) is 7.65. The molecule has 0 saturated heterocycles. The Labute approximate surface area is 93.0 Å². The zero-order valence-electron chi connectivity index (χ0n) is 8.97. The summed E-state index contributed by atoms with van der Waals surface area (Å²) < 4.78 is 4.85. The number of nitro groups is 1. The monoisotopic (exact) mass is 226 g/mol. The highest BCUT2D eigenvalue weighted by Crippen LogP contribution is 2.25. The number of phenols is 1. The highest BCUT2D eigenvalue weighted by Gasteiger charge is 2.12. The number of nitro benzene ring substituents is 1. The van der Waals surface area contributed by atoms with Crippen LogP contribution in [0.3, 0.4) is 0 Å². The van der Waals surface area contributed by atoms with Crippen LogP contribution >= 0.6 is 0 Å². The molecule has 6 heteroatoms. The molecular weight excluding hydrogens is 212 g/mol. The number of phenolic OH excluding ortho intramolecular Hbond substituents is 1. The molecule has 0 spiro atoms. The predicted molar refractivity (Wildman–Crippen MR) is 58.3 cm³/mol. The van der Waals surface area contributed by atoms with Crippen LogP contribution in [-0.2, 0) is 11.3 Å². The molecule has 0 aliphatic heterocycles. The number of nitrogens with one attached hydrogen (secondary N) is 1. The molecule has 16 heavy (non-hydrogen) atoms. The second kappa shape index (κ2) is 6.04. The van der Waals surface area contributed by atoms with Crippen molar-refractivity contribution in [2.24, 2.45) is 0 Å². The normalized spacial score (nSPS) is 10.3. The van der Waals surface area contributed by atoms with E-state index >= 15 is 0 Å². The molecule has 6 nitrogen and oxygen atoms in total. The molecule has 0 aliphatic carbocycles. The van der Waals surface area contributed by atoms with E-state index in [9.17, 15) is 15.2 Å². The molecule has 0 atom stereocenters. The average Bonchev–Trinajstić information content (AvgIpc) is 2.24. The van der Waals surface area contributed by atoms with Crippen LogP contribution in [0.5, 0.6) is 5.75 Å². The number of methoxy groups -OCH3 is 1. The van der Waals surface area contributed by atoms with Crippen molar-refractivity contribution in [2.75, 3.05) is 20.3 Å². The van der Waals surface area contributed by atoms with Gasteiger partial charge < -0.3 is 15.2 Å². The van der Waals surface area contributed by atoms with Crippen molar-refractivity contribution in [3.63, 3.8) is 0 Å². The third kappa shape index (κ3) is 3.48. The first-order valence-corrected chi connectivity index (χ1v) is 4.81. The quantitative estimate of drug-likeness (QED) is 0.430. The number of ether oxygens (including phenoxy) is 1. The van der Waals surface area contributed by atoms with Gasteiger partial charge in [0.1, 0.15) is 0 Å². The van der Waals surface area contributed by atoms with Gasteiger partial charge in [0.25, 0.3) is 0 Å². The lowest BCUT2D eigenvalue weighted by molar-refractivity contribution is -0.385. The van der Waals surface area contributed by atoms with Gasteiger partial charge in [-0.3, -0.25) is 10.1 Å². The zero-order valence-corrected chi connectivity index (χ0v) is 8.97. The number of nitrogens with zero attached hydrogens (tertiary/aromatic N) is 1. The fraction of sp³-hybridized carbons (Fsp3) is 0.400. The predicted octanol–water partition coefficient (Wildman–Crippen LogP) is 1.04. The maximum Gasteiger partial charge on any atom is 0.310 e. The first kappa shape index (κ1) is 12.4. The Bertz CT molecular complexity index is 368. The Morgan fingerprint density at radius 2 is 2.31 bits per heavy atom. The minimum absolute atomic E-state index is 0.277. The van der Waals surface area contributed by atoms with E-state index in [4.69, 9.17) is 4.74 Å². The summed E-state index contributed by atoms with van der Waals surface area (Å²) in [4.78, 5) is 9.83. The summed E-state index contributed by atoms with van der Waals surface area (Å²) in [5.41, 5.74) is 0.514. The van der Waals surface area contributed by atoms with E-state index in [0.717, 1.165) is 5.56 Å². The van der Waals surface area contributed by atoms with Crippen molar-refractivity contribution in [3.05, 3.63) is 33.9 Å². The third-order valence-corrected chi connectivity index (χ3v) is 2.05. The van der Waals surface area contributed by atoms with Gasteiger partial charge in [-0.1, -0.05) is 6.07 Å². The Morgan fingerprint density at radius 3 is 2.88 bits per heavy atom. The molecule has 0 fully saturated rings. The summed E-state index contributed by atoms with van der Waals surface area (Å²) in [5.74, 6) is -0.309. The average molecular weight is 226 g/mol. The lowest BCUT2D eigenvalue weighted by atomic mass is 10.2. The first-order valence-electron chi connectivity index (χ1n) is 4.81. The summed E-state index contributed by atoms with van der Waals surface area (Å²) >= 11 is 0. The van der Waals surface area contributed by atoms with Crippen LogP contribution < -0.4 is 5.32 Å². The van der Waals surface area contributed by atoms with Gasteiger partial charge in [-0.2, -0.15) is 0 Å². The second-order valence-corrected chi connectivity index (χ2v) is 3.25. The van der Waals surface area contributed by atoms with E-state index < -0.39 is 4.92 Å². The Morgan fingerprint density at radius 1 is 1.56 bits per heavy atom. The maximum atomic E-state index is 10.4. The van der Waals surface area contributed by atoms with E-state index in [2.05, 4.69) is 5.32 Å². The van der Waals surface area contributed by atoms with E-state index in [0.29, 0.717) is 19.7 Å². The number of benzene rings is 1. The van der Waals surface area contributed by atoms with E-state index in [1.807, 2.05) is 0 Å². The molecule has 0 bridgehead atoms. The molecule has 0 aliphatic rings. The number of rotatable bonds is 6. The molecule has 1 rings (SSSR count). The van der Waals surface area contributed by atoms with Gasteiger partial charge in [-0.05, 0) is 11.6 Å². The fourth-order valence-corrected chi connectivity index (χ4v) is 1.24. The zero-order chi connectivity index (χ0) is 12.0. The standard InChI is InChI=1S/C10H14N2O4/c1-16-5-4-11-7-8-2-3-9(12(14)15)10(13)6-8/h2-3,6,11,13H,4-5,7H2,1H3. The van der Waals surface area contributed by atoms with E-state index in [-0.39, 0.29) is 11.4 Å². The molecule has 1 aromatic carbocycles. The summed E-state index contributed by atoms with van der Waals surface area (Å²) in [5, 5.41) is 22.9. The molecule has 0 saturated carbocycles. The van der Waals surface area contributed by atoms with Crippen molar-refractivity contribution in [3.8, 4) is 5.75 Å². The van der Waals surface area contributed by atoms with Crippen molar-refractivity contribution >= 4 is 5.69 Å². The fourth-order valence-electron chi connectivity index (χ4n) is 1.24.